The standard InChI is InChI=1S/C19H23N3O3/c1-19(2)16(14-8-9-24-17(14)19)21-18(23)20-11-13-10-15(25-22-13)12-6-4-3-5-7-12/h3-7,10,14,16-17H,8-9,11H2,1-2H3,(H2,20,21,23)/t14-,16+,17+/m0/s1. The summed E-state index contributed by atoms with van der Waals surface area (Å²) in [5.74, 6) is 1.13. The van der Waals surface area contributed by atoms with E-state index in [1.165, 1.54) is 0 Å². The lowest BCUT2D eigenvalue weighted by Crippen LogP contribution is -2.67. The predicted octanol–water partition coefficient (Wildman–Crippen LogP) is 2.95. The maximum absolute atomic E-state index is 12.3. The van der Waals surface area contributed by atoms with Gasteiger partial charge in [-0.2, -0.15) is 0 Å². The molecular formula is C19H23N3O3. The van der Waals surface area contributed by atoms with Gasteiger partial charge < -0.3 is 19.9 Å². The van der Waals surface area contributed by atoms with E-state index in [-0.39, 0.29) is 23.6 Å². The van der Waals surface area contributed by atoms with Gasteiger partial charge in [-0.1, -0.05) is 49.3 Å². The van der Waals surface area contributed by atoms with E-state index in [0.29, 0.717) is 23.9 Å². The first-order valence-corrected chi connectivity index (χ1v) is 8.72. The second kappa shape index (κ2) is 6.19. The number of carbonyl (C=O) groups is 1. The average molecular weight is 341 g/mol. The van der Waals surface area contributed by atoms with E-state index in [0.717, 1.165) is 18.6 Å². The molecular weight excluding hydrogens is 318 g/mol. The summed E-state index contributed by atoms with van der Waals surface area (Å²) in [6.45, 7) is 5.42. The number of amides is 2. The summed E-state index contributed by atoms with van der Waals surface area (Å²) in [6.07, 6.45) is 1.28. The summed E-state index contributed by atoms with van der Waals surface area (Å²) in [5.41, 5.74) is 1.64. The molecule has 1 saturated heterocycles. The highest BCUT2D eigenvalue weighted by Gasteiger charge is 2.59. The van der Waals surface area contributed by atoms with Crippen LogP contribution in [0.4, 0.5) is 4.79 Å². The van der Waals surface area contributed by atoms with Crippen LogP contribution < -0.4 is 10.6 Å². The lowest BCUT2D eigenvalue weighted by atomic mass is 9.57. The number of ether oxygens (including phenoxy) is 1. The fourth-order valence-corrected chi connectivity index (χ4v) is 4.11. The first-order valence-electron chi connectivity index (χ1n) is 8.72. The van der Waals surface area contributed by atoms with E-state index in [1.54, 1.807) is 0 Å². The third-order valence-electron chi connectivity index (χ3n) is 5.43. The molecule has 0 radical (unpaired) electrons. The Morgan fingerprint density at radius 1 is 1.32 bits per heavy atom. The van der Waals surface area contributed by atoms with Gasteiger partial charge in [0.15, 0.2) is 5.76 Å². The molecule has 132 valence electrons. The van der Waals surface area contributed by atoms with Crippen molar-refractivity contribution in [1.29, 1.82) is 0 Å². The Hall–Kier alpha value is -2.34. The van der Waals surface area contributed by atoms with E-state index >= 15 is 0 Å². The van der Waals surface area contributed by atoms with Crippen molar-refractivity contribution in [2.45, 2.75) is 39.0 Å². The number of carbonyl (C=O) groups excluding carboxylic acids is 1. The van der Waals surface area contributed by atoms with Gasteiger partial charge in [-0.15, -0.1) is 0 Å². The number of hydrogen-bond donors (Lipinski definition) is 2. The van der Waals surface area contributed by atoms with Gasteiger partial charge in [-0.05, 0) is 6.42 Å². The molecule has 2 heterocycles. The van der Waals surface area contributed by atoms with Crippen LogP contribution in [0.15, 0.2) is 40.9 Å². The number of aromatic nitrogens is 1. The fraction of sp³-hybridized carbons (Fsp3) is 0.474. The second-order valence-electron chi connectivity index (χ2n) is 7.42. The highest BCUT2D eigenvalue weighted by atomic mass is 16.5. The molecule has 1 aliphatic heterocycles. The highest BCUT2D eigenvalue weighted by Crippen LogP contribution is 2.52. The van der Waals surface area contributed by atoms with Crippen molar-refractivity contribution in [2.24, 2.45) is 11.3 Å². The first kappa shape index (κ1) is 16.1. The first-order chi connectivity index (χ1) is 12.1. The molecule has 1 aliphatic carbocycles. The zero-order chi connectivity index (χ0) is 17.4. The minimum atomic E-state index is -0.173. The predicted molar refractivity (Wildman–Crippen MR) is 92.7 cm³/mol. The molecule has 2 N–H and O–H groups in total. The van der Waals surface area contributed by atoms with Crippen molar-refractivity contribution >= 4 is 6.03 Å². The minimum absolute atomic E-state index is 0.0210. The Labute approximate surface area is 146 Å². The molecule has 0 spiro atoms. The third kappa shape index (κ3) is 2.91. The van der Waals surface area contributed by atoms with Gasteiger partial charge in [-0.25, -0.2) is 4.79 Å². The largest absolute Gasteiger partial charge is 0.377 e. The van der Waals surface area contributed by atoms with Crippen LogP contribution in [0.2, 0.25) is 0 Å². The van der Waals surface area contributed by atoms with Crippen molar-refractivity contribution in [3.63, 3.8) is 0 Å². The number of fused-ring (bicyclic) bond motifs is 1. The Morgan fingerprint density at radius 2 is 2.12 bits per heavy atom. The summed E-state index contributed by atoms with van der Waals surface area (Å²) in [4.78, 5) is 12.3. The van der Waals surface area contributed by atoms with Gasteiger partial charge >= 0.3 is 6.03 Å². The molecule has 2 aliphatic rings. The van der Waals surface area contributed by atoms with Crippen LogP contribution in [0.3, 0.4) is 0 Å². The van der Waals surface area contributed by atoms with Crippen LogP contribution in [0.25, 0.3) is 11.3 Å². The monoisotopic (exact) mass is 341 g/mol. The number of nitrogens with one attached hydrogen (secondary N) is 2. The topological polar surface area (TPSA) is 76.4 Å². The Balaban J connectivity index is 1.32. The molecule has 6 nitrogen and oxygen atoms in total. The van der Waals surface area contributed by atoms with Crippen molar-refractivity contribution in [3.05, 3.63) is 42.1 Å². The molecule has 25 heavy (non-hydrogen) atoms. The summed E-state index contributed by atoms with van der Waals surface area (Å²) >= 11 is 0. The minimum Gasteiger partial charge on any atom is -0.377 e. The summed E-state index contributed by atoms with van der Waals surface area (Å²) in [5, 5.41) is 9.99. The van der Waals surface area contributed by atoms with Crippen molar-refractivity contribution in [3.8, 4) is 11.3 Å². The number of benzene rings is 1. The normalized spacial score (nSPS) is 26.6. The quantitative estimate of drug-likeness (QED) is 0.896. The smallest absolute Gasteiger partial charge is 0.315 e. The van der Waals surface area contributed by atoms with Crippen molar-refractivity contribution in [2.75, 3.05) is 6.61 Å². The van der Waals surface area contributed by atoms with E-state index < -0.39 is 0 Å². The van der Waals surface area contributed by atoms with Crippen molar-refractivity contribution < 1.29 is 14.1 Å². The lowest BCUT2D eigenvalue weighted by molar-refractivity contribution is -0.108. The maximum atomic E-state index is 12.3. The SMILES string of the molecule is CC1(C)[C@H](NC(=O)NCc2cc(-c3ccccc3)on2)[C@@H]2CCO[C@H]21. The molecule has 3 atom stereocenters. The molecule has 1 aromatic carbocycles. The van der Waals surface area contributed by atoms with Crippen LogP contribution in [0.5, 0.6) is 0 Å². The number of urea groups is 1. The molecule has 1 aromatic heterocycles. The Bertz CT molecular complexity index is 756. The zero-order valence-electron chi connectivity index (χ0n) is 14.5. The molecule has 2 aromatic rings. The van der Waals surface area contributed by atoms with E-state index in [2.05, 4.69) is 29.6 Å². The number of hydrogen-bond acceptors (Lipinski definition) is 4. The van der Waals surface area contributed by atoms with E-state index in [9.17, 15) is 4.79 Å². The maximum Gasteiger partial charge on any atom is 0.315 e. The third-order valence-corrected chi connectivity index (χ3v) is 5.43. The van der Waals surface area contributed by atoms with Crippen LogP contribution in [0.1, 0.15) is 26.0 Å². The van der Waals surface area contributed by atoms with Gasteiger partial charge in [0, 0.05) is 35.6 Å². The van der Waals surface area contributed by atoms with Gasteiger partial charge in [0.05, 0.1) is 12.6 Å². The van der Waals surface area contributed by atoms with E-state index in [1.807, 2.05) is 36.4 Å². The number of nitrogens with zero attached hydrogens (tertiary/aromatic N) is 1. The van der Waals surface area contributed by atoms with Crippen LogP contribution >= 0.6 is 0 Å². The second-order valence-corrected chi connectivity index (χ2v) is 7.42. The summed E-state index contributed by atoms with van der Waals surface area (Å²) in [6, 6.07) is 11.6. The van der Waals surface area contributed by atoms with Crippen molar-refractivity contribution in [1.82, 2.24) is 15.8 Å². The highest BCUT2D eigenvalue weighted by molar-refractivity contribution is 5.74. The zero-order valence-corrected chi connectivity index (χ0v) is 14.5. The van der Waals surface area contributed by atoms with Gasteiger partial charge in [0.2, 0.25) is 0 Å². The molecule has 4 rings (SSSR count). The van der Waals surface area contributed by atoms with Crippen LogP contribution in [-0.4, -0.2) is 29.9 Å². The van der Waals surface area contributed by atoms with Crippen LogP contribution in [0, 0.1) is 11.3 Å². The van der Waals surface area contributed by atoms with Gasteiger partial charge in [0.25, 0.3) is 0 Å². The Kier molecular flexibility index (Phi) is 4.00. The fourth-order valence-electron chi connectivity index (χ4n) is 4.11. The summed E-state index contributed by atoms with van der Waals surface area (Å²) in [7, 11) is 0. The summed E-state index contributed by atoms with van der Waals surface area (Å²) < 4.78 is 11.1. The van der Waals surface area contributed by atoms with Gasteiger partial charge in [-0.3, -0.25) is 0 Å². The molecule has 0 unspecified atom stereocenters. The van der Waals surface area contributed by atoms with E-state index in [4.69, 9.17) is 9.26 Å². The average Bonchev–Trinajstić information content (AvgIpc) is 3.27. The molecule has 0 bridgehead atoms. The Morgan fingerprint density at radius 3 is 2.92 bits per heavy atom. The number of rotatable bonds is 4. The van der Waals surface area contributed by atoms with Gasteiger partial charge in [0.1, 0.15) is 5.69 Å². The molecule has 1 saturated carbocycles. The molecule has 2 fully saturated rings. The molecule has 6 heteroatoms. The van der Waals surface area contributed by atoms with Crippen LogP contribution in [-0.2, 0) is 11.3 Å². The lowest BCUT2D eigenvalue weighted by Gasteiger charge is -2.54. The molecule has 2 amide bonds.